The van der Waals surface area contributed by atoms with Crippen LogP contribution in [0, 0.1) is 5.41 Å². The van der Waals surface area contributed by atoms with E-state index in [1.54, 1.807) is 30.8 Å². The molecule has 1 aliphatic rings. The third kappa shape index (κ3) is 3.26. The number of anilines is 1. The van der Waals surface area contributed by atoms with Crippen molar-refractivity contribution in [3.8, 4) is 0 Å². The molecule has 1 amide bonds. The first-order valence-electron chi connectivity index (χ1n) is 7.98. The Bertz CT molecular complexity index is 818. The Labute approximate surface area is 143 Å². The number of hydrogen-bond donors (Lipinski definition) is 4. The number of pyridine rings is 1. The molecule has 1 fully saturated rings. The first-order chi connectivity index (χ1) is 11.6. The van der Waals surface area contributed by atoms with Gasteiger partial charge in [0.25, 0.3) is 11.5 Å². The number of thiophene rings is 1. The quantitative estimate of drug-likeness (QED) is 0.628. The number of amides is 1. The van der Waals surface area contributed by atoms with Gasteiger partial charge in [0.05, 0.1) is 21.8 Å². The highest BCUT2D eigenvalue weighted by molar-refractivity contribution is 7.12. The van der Waals surface area contributed by atoms with Crippen LogP contribution in [0.3, 0.4) is 0 Å². The zero-order chi connectivity index (χ0) is 17.1. The predicted molar refractivity (Wildman–Crippen MR) is 96.6 cm³/mol. The fourth-order valence-electron chi connectivity index (χ4n) is 2.99. The van der Waals surface area contributed by atoms with Crippen LogP contribution in [0.1, 0.15) is 46.5 Å². The summed E-state index contributed by atoms with van der Waals surface area (Å²) < 4.78 is 0. The van der Waals surface area contributed by atoms with Crippen molar-refractivity contribution in [1.82, 2.24) is 10.3 Å². The van der Waals surface area contributed by atoms with Crippen molar-refractivity contribution in [2.45, 2.75) is 31.7 Å². The second-order valence-corrected chi connectivity index (χ2v) is 6.79. The van der Waals surface area contributed by atoms with Crippen LogP contribution in [0.25, 0.3) is 0 Å². The number of carbonyl (C=O) groups excluding carboxylic acids is 1. The summed E-state index contributed by atoms with van der Waals surface area (Å²) in [5.74, 6) is -0.190. The van der Waals surface area contributed by atoms with Gasteiger partial charge in [-0.1, -0.05) is 12.8 Å². The maximum atomic E-state index is 12.3. The van der Waals surface area contributed by atoms with E-state index in [9.17, 15) is 9.59 Å². The minimum Gasteiger partial charge on any atom is -0.382 e. The minimum absolute atomic E-state index is 0.128. The summed E-state index contributed by atoms with van der Waals surface area (Å²) in [4.78, 5) is 27.2. The molecule has 0 aromatic carbocycles. The number of aromatic nitrogens is 1. The Morgan fingerprint density at radius 1 is 1.38 bits per heavy atom. The molecule has 0 saturated heterocycles. The lowest BCUT2D eigenvalue weighted by Gasteiger charge is -2.16. The molecule has 7 heteroatoms. The van der Waals surface area contributed by atoms with Crippen molar-refractivity contribution < 1.29 is 4.79 Å². The van der Waals surface area contributed by atoms with Crippen LogP contribution in [0.4, 0.5) is 5.69 Å². The number of aromatic amines is 1. The van der Waals surface area contributed by atoms with Gasteiger partial charge < -0.3 is 15.6 Å². The number of carbonyl (C=O) groups is 1. The van der Waals surface area contributed by atoms with Crippen LogP contribution >= 0.6 is 11.3 Å². The molecule has 24 heavy (non-hydrogen) atoms. The molecular formula is C17H20N4O2S. The highest BCUT2D eigenvalue weighted by Gasteiger charge is 2.20. The summed E-state index contributed by atoms with van der Waals surface area (Å²) in [5, 5.41) is 16.2. The topological polar surface area (TPSA) is 97.8 Å². The molecule has 0 bridgehead atoms. The molecule has 0 atom stereocenters. The molecule has 2 heterocycles. The molecule has 0 aliphatic heterocycles. The Morgan fingerprint density at radius 3 is 2.83 bits per heavy atom. The lowest BCUT2D eigenvalue weighted by molar-refractivity contribution is 0.0967. The van der Waals surface area contributed by atoms with E-state index in [1.807, 2.05) is 0 Å². The van der Waals surface area contributed by atoms with Crippen molar-refractivity contribution in [2.24, 2.45) is 0 Å². The van der Waals surface area contributed by atoms with E-state index in [-0.39, 0.29) is 17.2 Å². The Morgan fingerprint density at radius 2 is 2.12 bits per heavy atom. The van der Waals surface area contributed by atoms with E-state index >= 15 is 0 Å². The van der Waals surface area contributed by atoms with E-state index in [4.69, 9.17) is 5.41 Å². The third-order valence-electron chi connectivity index (χ3n) is 4.26. The predicted octanol–water partition coefficient (Wildman–Crippen LogP) is 2.57. The highest BCUT2D eigenvalue weighted by atomic mass is 32.1. The molecule has 0 spiro atoms. The van der Waals surface area contributed by atoms with Crippen molar-refractivity contribution in [3.05, 3.63) is 50.1 Å². The molecule has 6 nitrogen and oxygen atoms in total. The molecule has 1 aliphatic carbocycles. The summed E-state index contributed by atoms with van der Waals surface area (Å²) >= 11 is 1.26. The SMILES string of the molecule is CNC(=O)c1cc(C(=N)c2c(NC3CCCC3)cc[nH]c2=O)cs1. The number of rotatable bonds is 5. The first kappa shape index (κ1) is 16.4. The van der Waals surface area contributed by atoms with E-state index < -0.39 is 0 Å². The molecular weight excluding hydrogens is 324 g/mol. The Balaban J connectivity index is 1.92. The van der Waals surface area contributed by atoms with Crippen molar-refractivity contribution >= 4 is 28.6 Å². The minimum atomic E-state index is -0.296. The van der Waals surface area contributed by atoms with Crippen molar-refractivity contribution in [1.29, 1.82) is 5.41 Å². The fourth-order valence-corrected chi connectivity index (χ4v) is 3.83. The summed E-state index contributed by atoms with van der Waals surface area (Å²) in [6, 6.07) is 3.80. The number of H-pyrrole nitrogens is 1. The van der Waals surface area contributed by atoms with E-state index in [0.717, 1.165) is 12.8 Å². The summed E-state index contributed by atoms with van der Waals surface area (Å²) in [7, 11) is 1.57. The van der Waals surface area contributed by atoms with Gasteiger partial charge in [-0.25, -0.2) is 0 Å². The smallest absolute Gasteiger partial charge is 0.261 e. The normalized spacial score (nSPS) is 14.5. The molecule has 1 saturated carbocycles. The Hall–Kier alpha value is -2.41. The van der Waals surface area contributed by atoms with Crippen LogP contribution in [0.5, 0.6) is 0 Å². The largest absolute Gasteiger partial charge is 0.382 e. The van der Waals surface area contributed by atoms with Crippen LogP contribution in [0.15, 0.2) is 28.5 Å². The maximum Gasteiger partial charge on any atom is 0.261 e. The number of nitrogens with one attached hydrogen (secondary N) is 4. The van der Waals surface area contributed by atoms with Crippen molar-refractivity contribution in [2.75, 3.05) is 12.4 Å². The monoisotopic (exact) mass is 344 g/mol. The average Bonchev–Trinajstić information content (AvgIpc) is 3.25. The summed E-state index contributed by atoms with van der Waals surface area (Å²) in [5.41, 5.74) is 1.42. The van der Waals surface area contributed by atoms with Crippen LogP contribution in [-0.2, 0) is 0 Å². The van der Waals surface area contributed by atoms with E-state index in [0.29, 0.717) is 27.7 Å². The molecule has 4 N–H and O–H groups in total. The van der Waals surface area contributed by atoms with Crippen molar-refractivity contribution in [3.63, 3.8) is 0 Å². The molecule has 0 radical (unpaired) electrons. The van der Waals surface area contributed by atoms with Crippen LogP contribution in [-0.4, -0.2) is 29.7 Å². The van der Waals surface area contributed by atoms with Gasteiger partial charge in [0.1, 0.15) is 0 Å². The zero-order valence-electron chi connectivity index (χ0n) is 13.4. The molecule has 3 rings (SSSR count). The first-order valence-corrected chi connectivity index (χ1v) is 8.86. The molecule has 2 aromatic heterocycles. The highest BCUT2D eigenvalue weighted by Crippen LogP contribution is 2.25. The van der Waals surface area contributed by atoms with Gasteiger partial charge in [-0.15, -0.1) is 11.3 Å². The Kier molecular flexibility index (Phi) is 4.80. The van der Waals surface area contributed by atoms with Gasteiger partial charge in [0.15, 0.2) is 0 Å². The summed E-state index contributed by atoms with van der Waals surface area (Å²) in [6.07, 6.45) is 6.14. The van der Waals surface area contributed by atoms with E-state index in [2.05, 4.69) is 15.6 Å². The second kappa shape index (κ2) is 7.00. The second-order valence-electron chi connectivity index (χ2n) is 5.87. The van der Waals surface area contributed by atoms with E-state index in [1.165, 1.54) is 24.2 Å². The zero-order valence-corrected chi connectivity index (χ0v) is 14.3. The van der Waals surface area contributed by atoms with Crippen LogP contribution < -0.4 is 16.2 Å². The maximum absolute atomic E-state index is 12.3. The molecule has 2 aromatic rings. The average molecular weight is 344 g/mol. The van der Waals surface area contributed by atoms with Gasteiger partial charge in [0.2, 0.25) is 0 Å². The summed E-state index contributed by atoms with van der Waals surface area (Å²) in [6.45, 7) is 0. The molecule has 126 valence electrons. The van der Waals surface area contributed by atoms with Gasteiger partial charge in [0, 0.05) is 30.2 Å². The van der Waals surface area contributed by atoms with Gasteiger partial charge in [-0.05, 0) is 25.0 Å². The fraction of sp³-hybridized carbons (Fsp3) is 0.353. The molecule has 0 unspecified atom stereocenters. The van der Waals surface area contributed by atoms with Gasteiger partial charge in [-0.3, -0.25) is 15.0 Å². The number of hydrogen-bond acceptors (Lipinski definition) is 5. The van der Waals surface area contributed by atoms with Crippen LogP contribution in [0.2, 0.25) is 0 Å². The third-order valence-corrected chi connectivity index (χ3v) is 5.19. The van der Waals surface area contributed by atoms with Gasteiger partial charge >= 0.3 is 0 Å². The van der Waals surface area contributed by atoms with Gasteiger partial charge in [-0.2, -0.15) is 0 Å². The lowest BCUT2D eigenvalue weighted by Crippen LogP contribution is -2.24. The standard InChI is InChI=1S/C17H20N4O2S/c1-19-16(22)13-8-10(9-24-13)15(18)14-12(6-7-20-17(14)23)21-11-4-2-3-5-11/h6-9,11,18H,2-5H2,1H3,(H,19,22)(H2,20,21,23). The lowest BCUT2D eigenvalue weighted by atomic mass is 10.0.